The van der Waals surface area contributed by atoms with Crippen molar-refractivity contribution in [1.29, 1.82) is 0 Å². The number of alkyl halides is 3. The second-order valence-electron chi connectivity index (χ2n) is 8.96. The molecule has 3 saturated carbocycles. The second-order valence-corrected chi connectivity index (χ2v) is 8.96. The van der Waals surface area contributed by atoms with Crippen molar-refractivity contribution >= 4 is 0 Å². The van der Waals surface area contributed by atoms with Crippen LogP contribution in [0.4, 0.5) is 13.2 Å². The molecule has 0 aromatic heterocycles. The molecule has 0 atom stereocenters. The van der Waals surface area contributed by atoms with E-state index >= 15 is 0 Å². The molecule has 0 aromatic carbocycles. The highest BCUT2D eigenvalue weighted by Crippen LogP contribution is 2.42. The molecule has 1 nitrogen and oxygen atoms in total. The summed E-state index contributed by atoms with van der Waals surface area (Å²) in [5, 5.41) is 0. The van der Waals surface area contributed by atoms with Gasteiger partial charge >= 0.3 is 6.36 Å². The smallest absolute Gasteiger partial charge is 0.289 e. The highest BCUT2D eigenvalue weighted by atomic mass is 19.4. The number of rotatable bonds is 5. The zero-order chi connectivity index (χ0) is 17.7. The van der Waals surface area contributed by atoms with E-state index in [1.807, 2.05) is 0 Å². The zero-order valence-corrected chi connectivity index (χ0v) is 15.5. The fraction of sp³-hybridized carbons (Fsp3) is 1.00. The molecule has 0 saturated heterocycles. The molecule has 0 N–H and O–H groups in total. The summed E-state index contributed by atoms with van der Waals surface area (Å²) in [6.45, 7) is 0. The molecule has 0 aromatic rings. The summed E-state index contributed by atoms with van der Waals surface area (Å²) in [6.07, 6.45) is 13.4. The van der Waals surface area contributed by atoms with Crippen LogP contribution in [0.5, 0.6) is 0 Å². The average molecular weight is 361 g/mol. The monoisotopic (exact) mass is 360 g/mol. The van der Waals surface area contributed by atoms with Gasteiger partial charge in [-0.2, -0.15) is 0 Å². The molecule has 146 valence electrons. The van der Waals surface area contributed by atoms with E-state index < -0.39 is 12.5 Å². The van der Waals surface area contributed by atoms with Gasteiger partial charge in [-0.25, -0.2) is 0 Å². The van der Waals surface area contributed by atoms with Gasteiger partial charge in [0.2, 0.25) is 0 Å². The fourth-order valence-corrected chi connectivity index (χ4v) is 5.76. The largest absolute Gasteiger partial charge is 0.522 e. The van der Waals surface area contributed by atoms with Crippen LogP contribution in [-0.2, 0) is 4.74 Å². The summed E-state index contributed by atoms with van der Waals surface area (Å²) in [4.78, 5) is 0. The van der Waals surface area contributed by atoms with Crippen LogP contribution in [0.2, 0.25) is 0 Å². The molecule has 3 rings (SSSR count). The Morgan fingerprint density at radius 2 is 1.08 bits per heavy atom. The standard InChI is InChI=1S/C21H35F3O/c22-21(23,24)25-20-14-12-19(13-15-20)18-10-8-17(9-11-18)7-6-16-4-2-1-3-5-16/h16-20H,1-15H2. The first-order chi connectivity index (χ1) is 12.0. The van der Waals surface area contributed by atoms with E-state index in [9.17, 15) is 13.2 Å². The van der Waals surface area contributed by atoms with Crippen LogP contribution in [0, 0.1) is 23.7 Å². The Morgan fingerprint density at radius 1 is 0.600 bits per heavy atom. The molecule has 3 aliphatic carbocycles. The lowest BCUT2D eigenvalue weighted by Crippen LogP contribution is -2.31. The summed E-state index contributed by atoms with van der Waals surface area (Å²) in [7, 11) is 0. The van der Waals surface area contributed by atoms with E-state index in [0.29, 0.717) is 18.8 Å². The summed E-state index contributed by atoms with van der Waals surface area (Å²) in [5.74, 6) is 3.32. The van der Waals surface area contributed by atoms with Gasteiger partial charge in [-0.3, -0.25) is 4.74 Å². The van der Waals surface area contributed by atoms with E-state index in [-0.39, 0.29) is 0 Å². The van der Waals surface area contributed by atoms with Crippen molar-refractivity contribution in [2.45, 2.75) is 109 Å². The third-order valence-electron chi connectivity index (χ3n) is 7.29. The van der Waals surface area contributed by atoms with Gasteiger partial charge in [0.1, 0.15) is 0 Å². The van der Waals surface area contributed by atoms with E-state index in [1.165, 1.54) is 70.6 Å². The molecule has 4 heteroatoms. The Balaban J connectivity index is 1.31. The fourth-order valence-electron chi connectivity index (χ4n) is 5.76. The van der Waals surface area contributed by atoms with Crippen molar-refractivity contribution in [3.63, 3.8) is 0 Å². The first-order valence-electron chi connectivity index (χ1n) is 10.7. The molecule has 0 aliphatic heterocycles. The normalized spacial score (nSPS) is 35.6. The van der Waals surface area contributed by atoms with Gasteiger partial charge in [0.05, 0.1) is 6.10 Å². The van der Waals surface area contributed by atoms with Gasteiger partial charge in [-0.1, -0.05) is 57.8 Å². The van der Waals surface area contributed by atoms with Gasteiger partial charge in [-0.15, -0.1) is 13.2 Å². The maximum atomic E-state index is 12.3. The minimum absolute atomic E-state index is 0.589. The van der Waals surface area contributed by atoms with Crippen LogP contribution in [0.25, 0.3) is 0 Å². The van der Waals surface area contributed by atoms with Crippen LogP contribution in [0.1, 0.15) is 96.3 Å². The van der Waals surface area contributed by atoms with Crippen molar-refractivity contribution in [1.82, 2.24) is 0 Å². The molecule has 0 heterocycles. The first-order valence-corrected chi connectivity index (χ1v) is 10.7. The van der Waals surface area contributed by atoms with Crippen LogP contribution in [0.3, 0.4) is 0 Å². The number of halogens is 3. The highest BCUT2D eigenvalue weighted by molar-refractivity contribution is 4.83. The molecule has 0 radical (unpaired) electrons. The molecular formula is C21H35F3O. The summed E-state index contributed by atoms with van der Waals surface area (Å²) in [5.41, 5.74) is 0. The topological polar surface area (TPSA) is 9.23 Å². The Bertz CT molecular complexity index is 373. The van der Waals surface area contributed by atoms with Crippen molar-refractivity contribution in [2.75, 3.05) is 0 Å². The maximum Gasteiger partial charge on any atom is 0.522 e. The van der Waals surface area contributed by atoms with E-state index in [2.05, 4.69) is 4.74 Å². The van der Waals surface area contributed by atoms with Gasteiger partial charge in [0, 0.05) is 0 Å². The van der Waals surface area contributed by atoms with Crippen molar-refractivity contribution < 1.29 is 17.9 Å². The minimum atomic E-state index is -4.46. The Kier molecular flexibility index (Phi) is 7.10. The number of ether oxygens (including phenoxy) is 1. The first kappa shape index (κ1) is 19.5. The maximum absolute atomic E-state index is 12.3. The Hall–Kier alpha value is -0.250. The summed E-state index contributed by atoms with van der Waals surface area (Å²) >= 11 is 0. The third-order valence-corrected chi connectivity index (χ3v) is 7.29. The van der Waals surface area contributed by atoms with E-state index in [1.54, 1.807) is 0 Å². The molecule has 25 heavy (non-hydrogen) atoms. The van der Waals surface area contributed by atoms with Gasteiger partial charge in [-0.05, 0) is 62.2 Å². The predicted octanol–water partition coefficient (Wildman–Crippen LogP) is 7.25. The van der Waals surface area contributed by atoms with Gasteiger partial charge in [0.15, 0.2) is 0 Å². The van der Waals surface area contributed by atoms with Crippen LogP contribution in [0.15, 0.2) is 0 Å². The SMILES string of the molecule is FC(F)(F)OC1CCC(C2CCC(CCC3CCCCC3)CC2)CC1. The summed E-state index contributed by atoms with van der Waals surface area (Å²) in [6, 6.07) is 0. The Morgan fingerprint density at radius 3 is 1.60 bits per heavy atom. The van der Waals surface area contributed by atoms with E-state index in [4.69, 9.17) is 0 Å². The second kappa shape index (κ2) is 9.10. The highest BCUT2D eigenvalue weighted by Gasteiger charge is 2.37. The third kappa shape index (κ3) is 6.45. The molecule has 3 aliphatic rings. The van der Waals surface area contributed by atoms with Crippen molar-refractivity contribution in [3.05, 3.63) is 0 Å². The molecule has 0 unspecified atom stereocenters. The molecule has 0 bridgehead atoms. The minimum Gasteiger partial charge on any atom is -0.289 e. The molecule has 0 amide bonds. The number of hydrogen-bond donors (Lipinski definition) is 0. The van der Waals surface area contributed by atoms with Crippen molar-refractivity contribution in [2.24, 2.45) is 23.7 Å². The van der Waals surface area contributed by atoms with Gasteiger partial charge < -0.3 is 0 Å². The molecular weight excluding hydrogens is 325 g/mol. The number of hydrogen-bond acceptors (Lipinski definition) is 1. The lowest BCUT2D eigenvalue weighted by Gasteiger charge is -2.38. The lowest BCUT2D eigenvalue weighted by molar-refractivity contribution is -0.346. The summed E-state index contributed by atoms with van der Waals surface area (Å²) < 4.78 is 41.2. The molecule has 0 spiro atoms. The predicted molar refractivity (Wildman–Crippen MR) is 94.1 cm³/mol. The quantitative estimate of drug-likeness (QED) is 0.502. The van der Waals surface area contributed by atoms with Crippen LogP contribution in [-0.4, -0.2) is 12.5 Å². The average Bonchev–Trinajstić information content (AvgIpc) is 2.61. The zero-order valence-electron chi connectivity index (χ0n) is 15.5. The van der Waals surface area contributed by atoms with Crippen LogP contribution < -0.4 is 0 Å². The van der Waals surface area contributed by atoms with Crippen LogP contribution >= 0.6 is 0 Å². The Labute approximate surface area is 151 Å². The van der Waals surface area contributed by atoms with Crippen molar-refractivity contribution in [3.8, 4) is 0 Å². The van der Waals surface area contributed by atoms with Gasteiger partial charge in [0.25, 0.3) is 0 Å². The van der Waals surface area contributed by atoms with E-state index in [0.717, 1.165) is 30.6 Å². The lowest BCUT2D eigenvalue weighted by atomic mass is 9.69. The molecule has 3 fully saturated rings.